The molecule has 0 aliphatic heterocycles. The van der Waals surface area contributed by atoms with Crippen molar-refractivity contribution < 1.29 is 9.53 Å². The minimum atomic E-state index is -0.306. The van der Waals surface area contributed by atoms with E-state index in [-0.39, 0.29) is 5.91 Å². The Bertz CT molecular complexity index is 1630. The monoisotopic (exact) mass is 610 g/mol. The van der Waals surface area contributed by atoms with E-state index in [0.29, 0.717) is 17.9 Å². The number of hydrogen-bond donors (Lipinski definition) is 2. The van der Waals surface area contributed by atoms with Crippen molar-refractivity contribution in [1.29, 1.82) is 0 Å². The summed E-state index contributed by atoms with van der Waals surface area (Å²) in [6, 6.07) is 29.4. The van der Waals surface area contributed by atoms with E-state index >= 15 is 0 Å². The van der Waals surface area contributed by atoms with E-state index in [2.05, 4.69) is 74.9 Å². The number of aromatic nitrogens is 1. The van der Waals surface area contributed by atoms with Gasteiger partial charge in [0.15, 0.2) is 5.13 Å². The van der Waals surface area contributed by atoms with Gasteiger partial charge in [0.1, 0.15) is 12.4 Å². The van der Waals surface area contributed by atoms with Gasteiger partial charge in [-0.15, -0.1) is 11.3 Å². The quantitative estimate of drug-likeness (QED) is 0.130. The molecule has 0 saturated carbocycles. The molecule has 0 bridgehead atoms. The maximum Gasteiger partial charge on any atom is 0.271 e. The van der Waals surface area contributed by atoms with Gasteiger partial charge in [0, 0.05) is 32.2 Å². The van der Waals surface area contributed by atoms with Crippen LogP contribution in [0.25, 0.3) is 11.3 Å². The number of anilines is 2. The molecule has 0 aliphatic rings. The van der Waals surface area contributed by atoms with Crippen molar-refractivity contribution in [3.05, 3.63) is 129 Å². The third-order valence-corrected chi connectivity index (χ3v) is 7.36. The fourth-order valence-electron chi connectivity index (χ4n) is 3.84. The molecule has 0 spiro atoms. The summed E-state index contributed by atoms with van der Waals surface area (Å²) in [5.74, 6) is 0.366. The number of hydrogen-bond acceptors (Lipinski definition) is 6. The molecular formula is C32H27BrN4O2S. The lowest BCUT2D eigenvalue weighted by molar-refractivity contribution is 0.0955. The fraction of sp³-hybridized carbons (Fsp3) is 0.0938. The zero-order chi connectivity index (χ0) is 27.9. The van der Waals surface area contributed by atoms with E-state index in [1.807, 2.05) is 60.0 Å². The number of aryl methyl sites for hydroxylation is 2. The van der Waals surface area contributed by atoms with Crippen LogP contribution >= 0.6 is 27.3 Å². The number of amides is 1. The van der Waals surface area contributed by atoms with Crippen molar-refractivity contribution in [3.8, 4) is 17.0 Å². The second-order valence-electron chi connectivity index (χ2n) is 9.26. The first-order valence-electron chi connectivity index (χ1n) is 12.6. The Morgan fingerprint density at radius 2 is 1.65 bits per heavy atom. The SMILES string of the molecule is Cc1ccc(COc2ccc(Br)cc2/C=N\NC(=O)c2ccc(-c3csc(Nc4ccc(C)cc4)n3)cc2)cc1. The molecular weight excluding hydrogens is 584 g/mol. The smallest absolute Gasteiger partial charge is 0.271 e. The summed E-state index contributed by atoms with van der Waals surface area (Å²) in [5, 5.41) is 10.3. The maximum atomic E-state index is 12.7. The van der Waals surface area contributed by atoms with Crippen molar-refractivity contribution in [3.63, 3.8) is 0 Å². The van der Waals surface area contributed by atoms with Gasteiger partial charge in [-0.25, -0.2) is 10.4 Å². The average molecular weight is 612 g/mol. The molecule has 1 aromatic heterocycles. The Hall–Kier alpha value is -4.27. The van der Waals surface area contributed by atoms with E-state index in [4.69, 9.17) is 4.74 Å². The van der Waals surface area contributed by atoms with Gasteiger partial charge in [0.2, 0.25) is 0 Å². The Balaban J connectivity index is 1.19. The number of ether oxygens (including phenoxy) is 1. The Morgan fingerprint density at radius 3 is 2.38 bits per heavy atom. The van der Waals surface area contributed by atoms with E-state index < -0.39 is 0 Å². The third kappa shape index (κ3) is 7.22. The molecule has 1 amide bonds. The van der Waals surface area contributed by atoms with Gasteiger partial charge in [-0.2, -0.15) is 5.10 Å². The number of rotatable bonds is 9. The number of nitrogens with one attached hydrogen (secondary N) is 2. The van der Waals surface area contributed by atoms with E-state index in [0.717, 1.165) is 37.7 Å². The van der Waals surface area contributed by atoms with Gasteiger partial charge >= 0.3 is 0 Å². The number of carbonyl (C=O) groups excluding carboxylic acids is 1. The number of thiazole rings is 1. The first-order valence-corrected chi connectivity index (χ1v) is 14.3. The van der Waals surface area contributed by atoms with Crippen LogP contribution in [0.3, 0.4) is 0 Å². The van der Waals surface area contributed by atoms with Crippen LogP contribution in [0.4, 0.5) is 10.8 Å². The van der Waals surface area contributed by atoms with E-state index in [9.17, 15) is 4.79 Å². The van der Waals surface area contributed by atoms with Gasteiger partial charge in [0.25, 0.3) is 5.91 Å². The maximum absolute atomic E-state index is 12.7. The summed E-state index contributed by atoms with van der Waals surface area (Å²) >= 11 is 5.02. The normalized spacial score (nSPS) is 11.0. The lowest BCUT2D eigenvalue weighted by Crippen LogP contribution is -2.17. The minimum absolute atomic E-state index is 0.306. The van der Waals surface area contributed by atoms with Crippen molar-refractivity contribution in [1.82, 2.24) is 10.4 Å². The molecule has 0 atom stereocenters. The van der Waals surface area contributed by atoms with Gasteiger partial charge in [-0.05, 0) is 61.9 Å². The fourth-order valence-corrected chi connectivity index (χ4v) is 4.96. The molecule has 1 heterocycles. The zero-order valence-corrected chi connectivity index (χ0v) is 24.4. The molecule has 40 heavy (non-hydrogen) atoms. The number of halogens is 1. The summed E-state index contributed by atoms with van der Waals surface area (Å²) in [6.07, 6.45) is 1.58. The molecule has 0 radical (unpaired) electrons. The highest BCUT2D eigenvalue weighted by Gasteiger charge is 2.09. The molecule has 0 saturated heterocycles. The van der Waals surface area contributed by atoms with Gasteiger partial charge in [-0.1, -0.05) is 75.6 Å². The lowest BCUT2D eigenvalue weighted by atomic mass is 10.1. The van der Waals surface area contributed by atoms with Gasteiger partial charge in [0.05, 0.1) is 11.9 Å². The topological polar surface area (TPSA) is 75.6 Å². The molecule has 200 valence electrons. The lowest BCUT2D eigenvalue weighted by Gasteiger charge is -2.10. The number of benzene rings is 4. The van der Waals surface area contributed by atoms with Crippen LogP contribution in [0.1, 0.15) is 32.6 Å². The molecule has 2 N–H and O–H groups in total. The molecule has 6 nitrogen and oxygen atoms in total. The first kappa shape index (κ1) is 27.3. The highest BCUT2D eigenvalue weighted by Crippen LogP contribution is 2.28. The molecule has 5 rings (SSSR count). The van der Waals surface area contributed by atoms with Crippen molar-refractivity contribution in [2.45, 2.75) is 20.5 Å². The molecule has 4 aromatic carbocycles. The molecule has 0 aliphatic carbocycles. The van der Waals surface area contributed by atoms with Crippen LogP contribution in [0.15, 0.2) is 106 Å². The first-order chi connectivity index (χ1) is 19.4. The van der Waals surface area contributed by atoms with Crippen LogP contribution in [0, 0.1) is 13.8 Å². The minimum Gasteiger partial charge on any atom is -0.488 e. The highest BCUT2D eigenvalue weighted by atomic mass is 79.9. The predicted molar refractivity (Wildman–Crippen MR) is 167 cm³/mol. The van der Waals surface area contributed by atoms with Crippen molar-refractivity contribution >= 4 is 50.2 Å². The predicted octanol–water partition coefficient (Wildman–Crippen LogP) is 8.28. The number of hydrazone groups is 1. The summed E-state index contributed by atoms with van der Waals surface area (Å²) in [7, 11) is 0. The van der Waals surface area contributed by atoms with Crippen LogP contribution in [-0.2, 0) is 6.61 Å². The van der Waals surface area contributed by atoms with E-state index in [1.54, 1.807) is 18.3 Å². The number of carbonyl (C=O) groups is 1. The van der Waals surface area contributed by atoms with Gasteiger partial charge < -0.3 is 10.1 Å². The number of nitrogens with zero attached hydrogens (tertiary/aromatic N) is 2. The summed E-state index contributed by atoms with van der Waals surface area (Å²) in [6.45, 7) is 4.55. The van der Waals surface area contributed by atoms with Crippen LogP contribution in [0.2, 0.25) is 0 Å². The average Bonchev–Trinajstić information content (AvgIpc) is 3.43. The van der Waals surface area contributed by atoms with E-state index in [1.165, 1.54) is 22.5 Å². The molecule has 0 fully saturated rings. The second-order valence-corrected chi connectivity index (χ2v) is 11.0. The summed E-state index contributed by atoms with van der Waals surface area (Å²) in [5.41, 5.74) is 10.1. The van der Waals surface area contributed by atoms with Crippen LogP contribution in [0.5, 0.6) is 5.75 Å². The van der Waals surface area contributed by atoms with Crippen LogP contribution < -0.4 is 15.5 Å². The Labute approximate surface area is 245 Å². The van der Waals surface area contributed by atoms with Crippen molar-refractivity contribution in [2.75, 3.05) is 5.32 Å². The largest absolute Gasteiger partial charge is 0.488 e. The Morgan fingerprint density at radius 1 is 0.950 bits per heavy atom. The third-order valence-electron chi connectivity index (χ3n) is 6.11. The zero-order valence-electron chi connectivity index (χ0n) is 22.0. The molecule has 0 unspecified atom stereocenters. The standard InChI is InChI=1S/C32H27BrN4O2S/c1-21-3-7-23(8-4-21)19-39-30-16-13-27(33)17-26(30)18-34-37-31(38)25-11-9-24(10-12-25)29-20-40-32(36-29)35-28-14-5-22(2)6-15-28/h3-18,20H,19H2,1-2H3,(H,35,36)(H,37,38)/b34-18-. The summed E-state index contributed by atoms with van der Waals surface area (Å²) < 4.78 is 6.91. The Kier molecular flexibility index (Phi) is 8.68. The summed E-state index contributed by atoms with van der Waals surface area (Å²) in [4.78, 5) is 17.4. The molecule has 8 heteroatoms. The van der Waals surface area contributed by atoms with Crippen molar-refractivity contribution in [2.24, 2.45) is 5.10 Å². The highest BCUT2D eigenvalue weighted by molar-refractivity contribution is 9.10. The molecule has 5 aromatic rings. The van der Waals surface area contributed by atoms with Gasteiger partial charge in [-0.3, -0.25) is 4.79 Å². The van der Waals surface area contributed by atoms with Crippen LogP contribution in [-0.4, -0.2) is 17.1 Å². The second kappa shape index (κ2) is 12.7.